The van der Waals surface area contributed by atoms with Crippen molar-refractivity contribution in [2.75, 3.05) is 56.7 Å². The number of methoxy groups -OCH3 is 1. The Morgan fingerprint density at radius 1 is 1.03 bits per heavy atom. The number of nitrogens with zero attached hydrogens (tertiary/aromatic N) is 3. The summed E-state index contributed by atoms with van der Waals surface area (Å²) >= 11 is 0. The summed E-state index contributed by atoms with van der Waals surface area (Å²) in [6.07, 6.45) is 4.83. The lowest BCUT2D eigenvalue weighted by molar-refractivity contribution is 0.191. The van der Waals surface area contributed by atoms with Gasteiger partial charge in [-0.05, 0) is 55.5 Å². The number of ether oxygens (including phenoxy) is 1. The number of fused-ring (bicyclic) bond motifs is 3. The first kappa shape index (κ1) is 18.8. The fourth-order valence-electron chi connectivity index (χ4n) is 5.80. The van der Waals surface area contributed by atoms with Crippen molar-refractivity contribution >= 4 is 11.4 Å². The molecule has 4 heteroatoms. The Hall–Kier alpha value is -2.20. The highest BCUT2D eigenvalue weighted by Gasteiger charge is 2.43. The summed E-state index contributed by atoms with van der Waals surface area (Å²) in [5.41, 5.74) is 5.91. The number of hydrogen-bond acceptors (Lipinski definition) is 4. The number of anilines is 2. The summed E-state index contributed by atoms with van der Waals surface area (Å²) in [5.74, 6) is 1.69. The molecule has 0 unspecified atom stereocenters. The molecule has 1 fully saturated rings. The second-order valence-corrected chi connectivity index (χ2v) is 8.86. The molecule has 2 atom stereocenters. The molecular weight excluding hydrogens is 358 g/mol. The van der Waals surface area contributed by atoms with Crippen molar-refractivity contribution < 1.29 is 4.74 Å². The minimum Gasteiger partial charge on any atom is -0.496 e. The number of likely N-dealkylation sites (tertiary alicyclic amines) is 1. The molecule has 0 saturated carbocycles. The lowest BCUT2D eigenvalue weighted by atomic mass is 9.88. The van der Waals surface area contributed by atoms with Gasteiger partial charge in [-0.3, -0.25) is 0 Å². The predicted octanol–water partition coefficient (Wildman–Crippen LogP) is 4.15. The highest BCUT2D eigenvalue weighted by atomic mass is 16.5. The average Bonchev–Trinajstić information content (AvgIpc) is 2.96. The zero-order chi connectivity index (χ0) is 19.8. The van der Waals surface area contributed by atoms with Gasteiger partial charge in [0.05, 0.1) is 18.5 Å². The van der Waals surface area contributed by atoms with Gasteiger partial charge in [0.15, 0.2) is 0 Å². The second kappa shape index (κ2) is 7.91. The van der Waals surface area contributed by atoms with Gasteiger partial charge in [-0.15, -0.1) is 0 Å². The molecule has 29 heavy (non-hydrogen) atoms. The molecule has 2 aromatic carbocycles. The monoisotopic (exact) mass is 391 g/mol. The van der Waals surface area contributed by atoms with E-state index in [0.717, 1.165) is 12.2 Å². The van der Waals surface area contributed by atoms with Crippen LogP contribution in [0, 0.1) is 0 Å². The molecule has 154 valence electrons. The summed E-state index contributed by atoms with van der Waals surface area (Å²) in [7, 11) is 4.03. The van der Waals surface area contributed by atoms with Crippen LogP contribution in [0.25, 0.3) is 0 Å². The van der Waals surface area contributed by atoms with Crippen LogP contribution >= 0.6 is 0 Å². The molecule has 0 amide bonds. The van der Waals surface area contributed by atoms with Crippen LogP contribution in [0.15, 0.2) is 42.5 Å². The molecule has 0 aromatic heterocycles. The highest BCUT2D eigenvalue weighted by Crippen LogP contribution is 2.49. The molecule has 1 saturated heterocycles. The van der Waals surface area contributed by atoms with E-state index in [4.69, 9.17) is 4.74 Å². The maximum Gasteiger partial charge on any atom is 0.122 e. The van der Waals surface area contributed by atoms with Gasteiger partial charge in [0.1, 0.15) is 5.75 Å². The largest absolute Gasteiger partial charge is 0.496 e. The van der Waals surface area contributed by atoms with Gasteiger partial charge in [-0.1, -0.05) is 30.3 Å². The van der Waals surface area contributed by atoms with Crippen molar-refractivity contribution in [3.8, 4) is 5.75 Å². The predicted molar refractivity (Wildman–Crippen MR) is 121 cm³/mol. The Morgan fingerprint density at radius 3 is 2.83 bits per heavy atom. The van der Waals surface area contributed by atoms with E-state index < -0.39 is 0 Å². The van der Waals surface area contributed by atoms with E-state index in [0.29, 0.717) is 12.0 Å². The summed E-state index contributed by atoms with van der Waals surface area (Å²) in [6.45, 7) is 5.98. The van der Waals surface area contributed by atoms with Crippen molar-refractivity contribution in [3.63, 3.8) is 0 Å². The molecule has 0 N–H and O–H groups in total. The Kier molecular flexibility index (Phi) is 5.13. The minimum atomic E-state index is 0.663. The zero-order valence-electron chi connectivity index (χ0n) is 17.8. The lowest BCUT2D eigenvalue weighted by Gasteiger charge is -2.39. The quantitative estimate of drug-likeness (QED) is 0.762. The van der Waals surface area contributed by atoms with E-state index >= 15 is 0 Å². The number of benzene rings is 2. The first-order chi connectivity index (χ1) is 14.3. The summed E-state index contributed by atoms with van der Waals surface area (Å²) < 4.78 is 5.52. The van der Waals surface area contributed by atoms with E-state index in [1.165, 1.54) is 63.2 Å². The molecule has 0 spiro atoms. The van der Waals surface area contributed by atoms with Crippen LogP contribution in [0.2, 0.25) is 0 Å². The molecule has 0 aliphatic carbocycles. The minimum absolute atomic E-state index is 0.663. The van der Waals surface area contributed by atoms with Crippen molar-refractivity contribution in [1.29, 1.82) is 0 Å². The molecule has 3 heterocycles. The van der Waals surface area contributed by atoms with Gasteiger partial charge < -0.3 is 19.4 Å². The van der Waals surface area contributed by atoms with Crippen molar-refractivity contribution in [1.82, 2.24) is 4.90 Å². The van der Waals surface area contributed by atoms with Crippen LogP contribution < -0.4 is 14.5 Å². The van der Waals surface area contributed by atoms with Gasteiger partial charge in [-0.2, -0.15) is 0 Å². The number of rotatable bonds is 5. The van der Waals surface area contributed by atoms with Crippen LogP contribution in [0.1, 0.15) is 36.3 Å². The van der Waals surface area contributed by atoms with E-state index in [1.807, 2.05) is 0 Å². The first-order valence-electron chi connectivity index (χ1n) is 11.2. The third-order valence-corrected chi connectivity index (χ3v) is 7.21. The molecule has 3 aliphatic rings. The third kappa shape index (κ3) is 3.38. The molecule has 2 aromatic rings. The number of aryl methyl sites for hydroxylation is 1. The van der Waals surface area contributed by atoms with Crippen molar-refractivity contribution in [2.45, 2.75) is 37.6 Å². The molecule has 3 aliphatic heterocycles. The SMILES string of the molecule is COc1ccccc1CCCN1CC[C@@H]2[C@H](C1)c1cccc3c1N2CCCN3C. The standard InChI is InChI=1S/C25H33N3O/c1-26-14-7-16-28-22-13-17-27(15-6-9-19-8-3-4-12-24(19)29-2)18-21(22)20-10-5-11-23(26)25(20)28/h3-5,8,10-12,21-22H,6-7,9,13-18H2,1-2H3/t21-,22-/m1/s1. The maximum atomic E-state index is 5.52. The normalized spacial score (nSPS) is 23.5. The third-order valence-electron chi connectivity index (χ3n) is 7.21. The summed E-state index contributed by atoms with van der Waals surface area (Å²) in [6, 6.07) is 16.1. The summed E-state index contributed by atoms with van der Waals surface area (Å²) in [5, 5.41) is 0. The van der Waals surface area contributed by atoms with Gasteiger partial charge in [0, 0.05) is 45.2 Å². The van der Waals surface area contributed by atoms with Gasteiger partial charge in [0.2, 0.25) is 0 Å². The van der Waals surface area contributed by atoms with Gasteiger partial charge in [0.25, 0.3) is 0 Å². The number of piperidine rings is 1. The molecule has 0 radical (unpaired) electrons. The topological polar surface area (TPSA) is 19.0 Å². The number of para-hydroxylation sites is 2. The van der Waals surface area contributed by atoms with Crippen LogP contribution in [-0.4, -0.2) is 57.8 Å². The van der Waals surface area contributed by atoms with E-state index in [9.17, 15) is 0 Å². The first-order valence-corrected chi connectivity index (χ1v) is 11.2. The fraction of sp³-hybridized carbons (Fsp3) is 0.520. The molecule has 4 nitrogen and oxygen atoms in total. The second-order valence-electron chi connectivity index (χ2n) is 8.86. The lowest BCUT2D eigenvalue weighted by Crippen LogP contribution is -2.46. The van der Waals surface area contributed by atoms with E-state index in [-0.39, 0.29) is 0 Å². The Morgan fingerprint density at radius 2 is 1.93 bits per heavy atom. The maximum absolute atomic E-state index is 5.52. The van der Waals surface area contributed by atoms with E-state index in [2.05, 4.69) is 64.2 Å². The van der Waals surface area contributed by atoms with Crippen molar-refractivity contribution in [2.24, 2.45) is 0 Å². The molecular formula is C25H33N3O. The Bertz CT molecular complexity index is 867. The zero-order valence-corrected chi connectivity index (χ0v) is 17.8. The molecule has 5 rings (SSSR count). The summed E-state index contributed by atoms with van der Waals surface area (Å²) in [4.78, 5) is 7.91. The average molecular weight is 392 g/mol. The van der Waals surface area contributed by atoms with E-state index in [1.54, 1.807) is 18.4 Å². The Labute approximate surface area is 175 Å². The molecule has 0 bridgehead atoms. The van der Waals surface area contributed by atoms with Crippen molar-refractivity contribution in [3.05, 3.63) is 53.6 Å². The van der Waals surface area contributed by atoms with Crippen LogP contribution in [0.4, 0.5) is 11.4 Å². The highest BCUT2D eigenvalue weighted by molar-refractivity contribution is 5.79. The van der Waals surface area contributed by atoms with Crippen LogP contribution in [0.3, 0.4) is 0 Å². The Balaban J connectivity index is 1.28. The number of hydrogen-bond donors (Lipinski definition) is 0. The fourth-order valence-corrected chi connectivity index (χ4v) is 5.80. The van der Waals surface area contributed by atoms with Gasteiger partial charge in [-0.25, -0.2) is 0 Å². The smallest absolute Gasteiger partial charge is 0.122 e. The van der Waals surface area contributed by atoms with Crippen LogP contribution in [-0.2, 0) is 6.42 Å². The van der Waals surface area contributed by atoms with Gasteiger partial charge >= 0.3 is 0 Å². The van der Waals surface area contributed by atoms with Crippen LogP contribution in [0.5, 0.6) is 5.75 Å².